The van der Waals surface area contributed by atoms with Crippen LogP contribution in [0.15, 0.2) is 34.4 Å². The number of urea groups is 1. The third-order valence-corrected chi connectivity index (χ3v) is 4.89. The minimum atomic E-state index is -0.0590. The third kappa shape index (κ3) is 3.16. The fourth-order valence-corrected chi connectivity index (χ4v) is 3.42. The standard InChI is InChI=1S/C16H21N3O2S/c1-3-13(15-17-8-10-22-15)18-16(20)19(12-6-7-12)11(2)14-5-4-9-21-14/h4-5,8-13H,3,6-7H2,1-2H3,(H,18,20). The van der Waals surface area contributed by atoms with Crippen LogP contribution in [0.1, 0.15) is 56.0 Å². The molecule has 2 amide bonds. The van der Waals surface area contributed by atoms with Gasteiger partial charge in [-0.15, -0.1) is 11.3 Å². The fraction of sp³-hybridized carbons (Fsp3) is 0.500. The summed E-state index contributed by atoms with van der Waals surface area (Å²) in [7, 11) is 0. The first-order valence-corrected chi connectivity index (χ1v) is 8.60. The number of hydrogen-bond donors (Lipinski definition) is 1. The highest BCUT2D eigenvalue weighted by Crippen LogP contribution is 2.35. The Labute approximate surface area is 134 Å². The van der Waals surface area contributed by atoms with E-state index in [4.69, 9.17) is 4.42 Å². The van der Waals surface area contributed by atoms with Gasteiger partial charge >= 0.3 is 6.03 Å². The van der Waals surface area contributed by atoms with Crippen LogP contribution in [0.5, 0.6) is 0 Å². The minimum absolute atomic E-state index is 0.0300. The molecule has 1 N–H and O–H groups in total. The van der Waals surface area contributed by atoms with Gasteiger partial charge in [0.25, 0.3) is 0 Å². The molecule has 2 aromatic rings. The first-order chi connectivity index (χ1) is 10.7. The maximum absolute atomic E-state index is 12.8. The van der Waals surface area contributed by atoms with Gasteiger partial charge in [0.15, 0.2) is 0 Å². The van der Waals surface area contributed by atoms with Gasteiger partial charge in [0.05, 0.1) is 18.3 Å². The molecular formula is C16H21N3O2S. The molecule has 0 saturated heterocycles. The molecule has 1 saturated carbocycles. The predicted molar refractivity (Wildman–Crippen MR) is 85.7 cm³/mol. The summed E-state index contributed by atoms with van der Waals surface area (Å²) in [6.07, 6.45) is 6.38. The average molecular weight is 319 g/mol. The van der Waals surface area contributed by atoms with E-state index in [9.17, 15) is 4.79 Å². The summed E-state index contributed by atoms with van der Waals surface area (Å²) in [5.74, 6) is 0.823. The first-order valence-electron chi connectivity index (χ1n) is 7.72. The van der Waals surface area contributed by atoms with Gasteiger partial charge in [-0.2, -0.15) is 0 Å². The maximum atomic E-state index is 12.8. The molecule has 22 heavy (non-hydrogen) atoms. The van der Waals surface area contributed by atoms with Gasteiger partial charge in [0, 0.05) is 17.6 Å². The van der Waals surface area contributed by atoms with Crippen LogP contribution >= 0.6 is 11.3 Å². The van der Waals surface area contributed by atoms with Crippen molar-refractivity contribution < 1.29 is 9.21 Å². The Morgan fingerprint density at radius 1 is 1.59 bits per heavy atom. The summed E-state index contributed by atoms with van der Waals surface area (Å²) in [6.45, 7) is 4.07. The lowest BCUT2D eigenvalue weighted by atomic mass is 10.2. The van der Waals surface area contributed by atoms with Crippen LogP contribution in [-0.4, -0.2) is 22.0 Å². The fourth-order valence-electron chi connectivity index (χ4n) is 2.65. The number of rotatable bonds is 6. The molecule has 0 aromatic carbocycles. The number of aromatic nitrogens is 1. The van der Waals surface area contributed by atoms with Crippen LogP contribution in [-0.2, 0) is 0 Å². The molecule has 1 fully saturated rings. The van der Waals surface area contributed by atoms with Gasteiger partial charge in [-0.25, -0.2) is 9.78 Å². The Bertz CT molecular complexity index is 593. The number of nitrogens with zero attached hydrogens (tertiary/aromatic N) is 2. The summed E-state index contributed by atoms with van der Waals surface area (Å²) in [5.41, 5.74) is 0. The highest BCUT2D eigenvalue weighted by atomic mass is 32.1. The van der Waals surface area contributed by atoms with Crippen molar-refractivity contribution in [3.63, 3.8) is 0 Å². The van der Waals surface area contributed by atoms with E-state index in [1.807, 2.05) is 29.3 Å². The quantitative estimate of drug-likeness (QED) is 0.871. The van der Waals surface area contributed by atoms with Crippen molar-refractivity contribution in [2.45, 2.75) is 51.2 Å². The number of carbonyl (C=O) groups excluding carboxylic acids is 1. The van der Waals surface area contributed by atoms with Crippen LogP contribution in [0.4, 0.5) is 4.79 Å². The summed E-state index contributed by atoms with van der Waals surface area (Å²) in [6, 6.07) is 3.97. The molecule has 2 heterocycles. The van der Waals surface area contributed by atoms with Gasteiger partial charge < -0.3 is 14.6 Å². The zero-order chi connectivity index (χ0) is 15.5. The van der Waals surface area contributed by atoms with Gasteiger partial charge in [-0.1, -0.05) is 6.92 Å². The molecule has 0 bridgehead atoms. The van der Waals surface area contributed by atoms with E-state index in [1.165, 1.54) is 0 Å². The Kier molecular flexibility index (Phi) is 4.47. The highest BCUT2D eigenvalue weighted by Gasteiger charge is 2.38. The minimum Gasteiger partial charge on any atom is -0.467 e. The van der Waals surface area contributed by atoms with E-state index in [2.05, 4.69) is 17.2 Å². The van der Waals surface area contributed by atoms with Crippen molar-refractivity contribution in [1.82, 2.24) is 15.2 Å². The number of thiazole rings is 1. The predicted octanol–water partition coefficient (Wildman–Crippen LogP) is 4.12. The van der Waals surface area contributed by atoms with Crippen LogP contribution in [0.25, 0.3) is 0 Å². The molecule has 0 radical (unpaired) electrons. The topological polar surface area (TPSA) is 58.4 Å². The third-order valence-electron chi connectivity index (χ3n) is 4.00. The maximum Gasteiger partial charge on any atom is 0.318 e. The van der Waals surface area contributed by atoms with E-state index in [1.54, 1.807) is 23.8 Å². The van der Waals surface area contributed by atoms with E-state index >= 15 is 0 Å². The summed E-state index contributed by atoms with van der Waals surface area (Å²) in [5, 5.41) is 6.02. The molecular weight excluding hydrogens is 298 g/mol. The smallest absolute Gasteiger partial charge is 0.318 e. The lowest BCUT2D eigenvalue weighted by Crippen LogP contribution is -2.44. The number of hydrogen-bond acceptors (Lipinski definition) is 4. The first kappa shape index (κ1) is 15.1. The van der Waals surface area contributed by atoms with E-state index in [0.29, 0.717) is 6.04 Å². The van der Waals surface area contributed by atoms with Crippen molar-refractivity contribution in [1.29, 1.82) is 0 Å². The van der Waals surface area contributed by atoms with E-state index in [-0.39, 0.29) is 18.1 Å². The van der Waals surface area contributed by atoms with Crippen molar-refractivity contribution in [2.75, 3.05) is 0 Å². The van der Waals surface area contributed by atoms with Crippen molar-refractivity contribution in [3.8, 4) is 0 Å². The highest BCUT2D eigenvalue weighted by molar-refractivity contribution is 7.09. The SMILES string of the molecule is CCC(NC(=O)N(C1CC1)C(C)c1ccco1)c1nccs1. The van der Waals surface area contributed by atoms with Crippen LogP contribution in [0, 0.1) is 0 Å². The Hall–Kier alpha value is -1.82. The Balaban J connectivity index is 1.73. The number of furan rings is 1. The van der Waals surface area contributed by atoms with Crippen molar-refractivity contribution in [3.05, 3.63) is 40.7 Å². The zero-order valence-corrected chi connectivity index (χ0v) is 13.7. The largest absolute Gasteiger partial charge is 0.467 e. The summed E-state index contributed by atoms with van der Waals surface area (Å²) >= 11 is 1.58. The van der Waals surface area contributed by atoms with Crippen molar-refractivity contribution >= 4 is 17.4 Å². The number of carbonyl (C=O) groups is 1. The normalized spacial score (nSPS) is 17.0. The number of amides is 2. The molecule has 5 nitrogen and oxygen atoms in total. The summed E-state index contributed by atoms with van der Waals surface area (Å²) < 4.78 is 5.48. The lowest BCUT2D eigenvalue weighted by molar-refractivity contribution is 0.162. The molecule has 118 valence electrons. The summed E-state index contributed by atoms with van der Waals surface area (Å²) in [4.78, 5) is 19.0. The van der Waals surface area contributed by atoms with E-state index < -0.39 is 0 Å². The molecule has 1 aliphatic carbocycles. The number of nitrogens with one attached hydrogen (secondary N) is 1. The van der Waals surface area contributed by atoms with Gasteiger partial charge in [0.1, 0.15) is 10.8 Å². The van der Waals surface area contributed by atoms with Gasteiger partial charge in [-0.3, -0.25) is 0 Å². The molecule has 0 spiro atoms. The molecule has 2 unspecified atom stereocenters. The second kappa shape index (κ2) is 6.52. The molecule has 2 aromatic heterocycles. The second-order valence-corrected chi connectivity index (χ2v) is 6.54. The Morgan fingerprint density at radius 3 is 2.95 bits per heavy atom. The van der Waals surface area contributed by atoms with Crippen LogP contribution in [0.2, 0.25) is 0 Å². The second-order valence-electron chi connectivity index (χ2n) is 5.61. The van der Waals surface area contributed by atoms with Crippen LogP contribution in [0.3, 0.4) is 0 Å². The average Bonchev–Trinajstić information content (AvgIpc) is 3.01. The van der Waals surface area contributed by atoms with Crippen LogP contribution < -0.4 is 5.32 Å². The molecule has 6 heteroatoms. The van der Waals surface area contributed by atoms with Crippen molar-refractivity contribution in [2.24, 2.45) is 0 Å². The van der Waals surface area contributed by atoms with Gasteiger partial charge in [-0.05, 0) is 38.3 Å². The van der Waals surface area contributed by atoms with E-state index in [0.717, 1.165) is 30.0 Å². The molecule has 3 rings (SSSR count). The lowest BCUT2D eigenvalue weighted by Gasteiger charge is -2.30. The zero-order valence-electron chi connectivity index (χ0n) is 12.9. The monoisotopic (exact) mass is 319 g/mol. The Morgan fingerprint density at radius 2 is 2.41 bits per heavy atom. The molecule has 0 aliphatic heterocycles. The molecule has 1 aliphatic rings. The molecule has 2 atom stereocenters. The van der Waals surface area contributed by atoms with Gasteiger partial charge in [0.2, 0.25) is 0 Å².